The molecule has 1 rings (SSSR count). The van der Waals surface area contributed by atoms with E-state index >= 15 is 0 Å². The zero-order chi connectivity index (χ0) is 12.9. The lowest BCUT2D eigenvalue weighted by Crippen LogP contribution is -2.44. The van der Waals surface area contributed by atoms with E-state index in [-0.39, 0.29) is 11.8 Å². The van der Waals surface area contributed by atoms with Crippen molar-refractivity contribution in [2.45, 2.75) is 46.5 Å². The van der Waals surface area contributed by atoms with Crippen LogP contribution in [0.5, 0.6) is 0 Å². The van der Waals surface area contributed by atoms with Gasteiger partial charge in [-0.25, -0.2) is 0 Å². The van der Waals surface area contributed by atoms with Crippen molar-refractivity contribution >= 4 is 11.8 Å². The first kappa shape index (κ1) is 14.0. The number of hydrogen-bond acceptors (Lipinski definition) is 2. The predicted molar refractivity (Wildman–Crippen MR) is 67.4 cm³/mol. The number of nitrogens with one attached hydrogen (secondary N) is 2. The van der Waals surface area contributed by atoms with Crippen LogP contribution in [0.4, 0.5) is 0 Å². The highest BCUT2D eigenvalue weighted by Gasteiger charge is 2.56. The molecule has 0 atom stereocenters. The first-order valence-electron chi connectivity index (χ1n) is 6.59. The van der Waals surface area contributed by atoms with Crippen LogP contribution >= 0.6 is 0 Å². The number of amides is 2. The topological polar surface area (TPSA) is 58.2 Å². The molecule has 0 saturated heterocycles. The van der Waals surface area contributed by atoms with Crippen molar-refractivity contribution in [3.05, 3.63) is 0 Å². The molecule has 2 amide bonds. The van der Waals surface area contributed by atoms with Crippen molar-refractivity contribution in [3.8, 4) is 0 Å². The molecular formula is C13H24N2O2. The molecule has 0 aromatic rings. The Kier molecular flexibility index (Phi) is 4.97. The summed E-state index contributed by atoms with van der Waals surface area (Å²) in [5, 5.41) is 5.71. The summed E-state index contributed by atoms with van der Waals surface area (Å²) in [6.45, 7) is 7.48. The fourth-order valence-corrected chi connectivity index (χ4v) is 1.70. The Labute approximate surface area is 104 Å². The highest BCUT2D eigenvalue weighted by Crippen LogP contribution is 2.46. The molecule has 0 unspecified atom stereocenters. The molecule has 1 saturated carbocycles. The molecule has 0 aliphatic heterocycles. The number of rotatable bonds is 7. The number of hydrogen-bond donors (Lipinski definition) is 2. The molecule has 1 aliphatic rings. The van der Waals surface area contributed by atoms with Gasteiger partial charge in [0.05, 0.1) is 0 Å². The standard InChI is InChI=1S/C13H24N2O2/c1-4-5-8-14-11(16)13(6-7-13)12(17)15-9-10(2)3/h10H,4-9H2,1-3H3,(H,14,16)(H,15,17). The Bertz CT molecular complexity index is 283. The van der Waals surface area contributed by atoms with Crippen molar-refractivity contribution < 1.29 is 9.59 Å². The molecule has 1 aliphatic carbocycles. The van der Waals surface area contributed by atoms with Gasteiger partial charge in [-0.15, -0.1) is 0 Å². The molecule has 17 heavy (non-hydrogen) atoms. The number of carbonyl (C=O) groups is 2. The molecule has 1 fully saturated rings. The lowest BCUT2D eigenvalue weighted by molar-refractivity contribution is -0.137. The molecule has 0 radical (unpaired) electrons. The molecular weight excluding hydrogens is 216 g/mol. The van der Waals surface area contributed by atoms with E-state index in [4.69, 9.17) is 0 Å². The Hall–Kier alpha value is -1.06. The fourth-order valence-electron chi connectivity index (χ4n) is 1.70. The van der Waals surface area contributed by atoms with Crippen molar-refractivity contribution in [2.24, 2.45) is 11.3 Å². The minimum atomic E-state index is -0.747. The maximum absolute atomic E-state index is 11.9. The molecule has 0 heterocycles. The van der Waals surface area contributed by atoms with Crippen LogP contribution in [0.15, 0.2) is 0 Å². The van der Waals surface area contributed by atoms with Crippen molar-refractivity contribution in [1.29, 1.82) is 0 Å². The van der Waals surface area contributed by atoms with Gasteiger partial charge >= 0.3 is 0 Å². The van der Waals surface area contributed by atoms with Gasteiger partial charge in [0.25, 0.3) is 0 Å². The summed E-state index contributed by atoms with van der Waals surface area (Å²) in [5.74, 6) is 0.227. The molecule has 0 aromatic heterocycles. The summed E-state index contributed by atoms with van der Waals surface area (Å²) in [5.41, 5.74) is -0.747. The highest BCUT2D eigenvalue weighted by atomic mass is 16.2. The average Bonchev–Trinajstić information content (AvgIpc) is 3.07. The van der Waals surface area contributed by atoms with Gasteiger partial charge < -0.3 is 10.6 Å². The molecule has 98 valence electrons. The monoisotopic (exact) mass is 240 g/mol. The number of carbonyl (C=O) groups excluding carboxylic acids is 2. The molecule has 4 heteroatoms. The summed E-state index contributed by atoms with van der Waals surface area (Å²) in [6.07, 6.45) is 3.39. The summed E-state index contributed by atoms with van der Waals surface area (Å²) in [7, 11) is 0. The van der Waals surface area contributed by atoms with Crippen LogP contribution in [0.3, 0.4) is 0 Å². The average molecular weight is 240 g/mol. The Morgan fingerprint density at radius 3 is 2.24 bits per heavy atom. The van der Waals surface area contributed by atoms with E-state index in [0.717, 1.165) is 12.8 Å². The van der Waals surface area contributed by atoms with Crippen LogP contribution in [0.1, 0.15) is 46.5 Å². The van der Waals surface area contributed by atoms with Gasteiger partial charge in [0.2, 0.25) is 11.8 Å². The molecule has 0 aromatic carbocycles. The zero-order valence-electron chi connectivity index (χ0n) is 11.1. The van der Waals surface area contributed by atoms with E-state index in [2.05, 4.69) is 17.6 Å². The quantitative estimate of drug-likeness (QED) is 0.523. The van der Waals surface area contributed by atoms with E-state index in [1.165, 1.54) is 0 Å². The molecule has 2 N–H and O–H groups in total. The third kappa shape index (κ3) is 3.72. The second-order valence-electron chi connectivity index (χ2n) is 5.30. The SMILES string of the molecule is CCCCNC(=O)C1(C(=O)NCC(C)C)CC1. The lowest BCUT2D eigenvalue weighted by Gasteiger charge is -2.16. The third-order valence-electron chi connectivity index (χ3n) is 3.11. The fraction of sp³-hybridized carbons (Fsp3) is 0.846. The Morgan fingerprint density at radius 2 is 1.76 bits per heavy atom. The second-order valence-corrected chi connectivity index (χ2v) is 5.30. The summed E-state index contributed by atoms with van der Waals surface area (Å²) in [6, 6.07) is 0. The van der Waals surface area contributed by atoms with E-state index in [1.54, 1.807) is 0 Å². The van der Waals surface area contributed by atoms with Gasteiger partial charge in [-0.1, -0.05) is 27.2 Å². The van der Waals surface area contributed by atoms with Gasteiger partial charge in [-0.05, 0) is 25.2 Å². The minimum absolute atomic E-state index is 0.0905. The molecule has 0 bridgehead atoms. The van der Waals surface area contributed by atoms with Crippen molar-refractivity contribution in [1.82, 2.24) is 10.6 Å². The van der Waals surface area contributed by atoms with Crippen LogP contribution in [0, 0.1) is 11.3 Å². The molecule has 0 spiro atoms. The zero-order valence-corrected chi connectivity index (χ0v) is 11.1. The maximum atomic E-state index is 11.9. The highest BCUT2D eigenvalue weighted by molar-refractivity contribution is 6.07. The first-order valence-corrected chi connectivity index (χ1v) is 6.59. The van der Waals surface area contributed by atoms with Crippen LogP contribution in [0.2, 0.25) is 0 Å². The Balaban J connectivity index is 2.39. The van der Waals surface area contributed by atoms with Gasteiger partial charge in [0, 0.05) is 13.1 Å². The predicted octanol–water partition coefficient (Wildman–Crippen LogP) is 1.46. The Morgan fingerprint density at radius 1 is 1.18 bits per heavy atom. The van der Waals surface area contributed by atoms with Crippen LogP contribution < -0.4 is 10.6 Å². The van der Waals surface area contributed by atoms with Gasteiger partial charge in [-0.2, -0.15) is 0 Å². The summed E-state index contributed by atoms with van der Waals surface area (Å²) >= 11 is 0. The van der Waals surface area contributed by atoms with E-state index in [9.17, 15) is 9.59 Å². The largest absolute Gasteiger partial charge is 0.355 e. The van der Waals surface area contributed by atoms with E-state index < -0.39 is 5.41 Å². The van der Waals surface area contributed by atoms with Crippen LogP contribution in [-0.4, -0.2) is 24.9 Å². The first-order chi connectivity index (χ1) is 8.03. The number of unbranched alkanes of at least 4 members (excludes halogenated alkanes) is 1. The minimum Gasteiger partial charge on any atom is -0.355 e. The normalized spacial score (nSPS) is 16.7. The second kappa shape index (κ2) is 6.03. The van der Waals surface area contributed by atoms with Gasteiger partial charge in [0.1, 0.15) is 5.41 Å². The summed E-state index contributed by atoms with van der Waals surface area (Å²) in [4.78, 5) is 23.9. The van der Waals surface area contributed by atoms with E-state index in [0.29, 0.717) is 31.8 Å². The van der Waals surface area contributed by atoms with Gasteiger partial charge in [0.15, 0.2) is 0 Å². The van der Waals surface area contributed by atoms with Gasteiger partial charge in [-0.3, -0.25) is 9.59 Å². The smallest absolute Gasteiger partial charge is 0.235 e. The van der Waals surface area contributed by atoms with E-state index in [1.807, 2.05) is 13.8 Å². The van der Waals surface area contributed by atoms with Crippen molar-refractivity contribution in [3.63, 3.8) is 0 Å². The van der Waals surface area contributed by atoms with Crippen LogP contribution in [0.25, 0.3) is 0 Å². The van der Waals surface area contributed by atoms with Crippen LogP contribution in [-0.2, 0) is 9.59 Å². The molecule has 4 nitrogen and oxygen atoms in total. The third-order valence-corrected chi connectivity index (χ3v) is 3.11. The summed E-state index contributed by atoms with van der Waals surface area (Å²) < 4.78 is 0. The maximum Gasteiger partial charge on any atom is 0.235 e. The lowest BCUT2D eigenvalue weighted by atomic mass is 10.0. The van der Waals surface area contributed by atoms with Crippen molar-refractivity contribution in [2.75, 3.05) is 13.1 Å².